The monoisotopic (exact) mass is 196 g/mol. The molecule has 1 rings (SSSR count). The Bertz CT molecular complexity index is 276. The summed E-state index contributed by atoms with van der Waals surface area (Å²) in [6, 6.07) is 5.86. The first kappa shape index (κ1) is 11.0. The highest BCUT2D eigenvalue weighted by molar-refractivity contribution is 5.39. The van der Waals surface area contributed by atoms with Gasteiger partial charge in [-0.2, -0.15) is 0 Å². The molecule has 78 valence electrons. The van der Waals surface area contributed by atoms with Gasteiger partial charge < -0.3 is 14.9 Å². The Morgan fingerprint density at radius 2 is 1.86 bits per heavy atom. The fourth-order valence-electron chi connectivity index (χ4n) is 1.26. The molecule has 14 heavy (non-hydrogen) atoms. The Morgan fingerprint density at radius 3 is 2.36 bits per heavy atom. The molecule has 2 N–H and O–H groups in total. The first-order valence-electron chi connectivity index (χ1n) is 4.63. The summed E-state index contributed by atoms with van der Waals surface area (Å²) in [7, 11) is 0. The zero-order valence-corrected chi connectivity index (χ0v) is 8.53. The highest BCUT2D eigenvalue weighted by atomic mass is 16.5. The van der Waals surface area contributed by atoms with Crippen molar-refractivity contribution in [3.05, 3.63) is 29.3 Å². The van der Waals surface area contributed by atoms with Crippen molar-refractivity contribution >= 4 is 0 Å². The van der Waals surface area contributed by atoms with Crippen LogP contribution in [0.4, 0.5) is 0 Å². The van der Waals surface area contributed by atoms with Crippen LogP contribution in [0.3, 0.4) is 0 Å². The molecule has 0 amide bonds. The Morgan fingerprint density at radius 1 is 1.29 bits per heavy atom. The van der Waals surface area contributed by atoms with Crippen LogP contribution in [0.15, 0.2) is 18.2 Å². The summed E-state index contributed by atoms with van der Waals surface area (Å²) in [5, 5.41) is 17.7. The van der Waals surface area contributed by atoms with Gasteiger partial charge in [0.1, 0.15) is 18.5 Å². The maximum atomic E-state index is 9.13. The minimum absolute atomic E-state index is 0.127. The highest BCUT2D eigenvalue weighted by Crippen LogP contribution is 2.22. The minimum atomic E-state index is -0.811. The van der Waals surface area contributed by atoms with E-state index >= 15 is 0 Å². The summed E-state index contributed by atoms with van der Waals surface area (Å²) in [4.78, 5) is 0. The molecular weight excluding hydrogens is 180 g/mol. The number of benzene rings is 1. The molecule has 0 saturated carbocycles. The lowest BCUT2D eigenvalue weighted by Gasteiger charge is -2.13. The van der Waals surface area contributed by atoms with Gasteiger partial charge in [0, 0.05) is 0 Å². The summed E-state index contributed by atoms with van der Waals surface area (Å²) >= 11 is 0. The average Bonchev–Trinajstić information content (AvgIpc) is 2.16. The lowest BCUT2D eigenvalue weighted by Crippen LogP contribution is -2.21. The van der Waals surface area contributed by atoms with E-state index in [1.807, 2.05) is 32.0 Å². The summed E-state index contributed by atoms with van der Waals surface area (Å²) in [5.41, 5.74) is 2.07. The van der Waals surface area contributed by atoms with Gasteiger partial charge >= 0.3 is 0 Å². The summed E-state index contributed by atoms with van der Waals surface area (Å²) in [6.45, 7) is 3.76. The minimum Gasteiger partial charge on any atom is -0.490 e. The largest absolute Gasteiger partial charge is 0.490 e. The van der Waals surface area contributed by atoms with Gasteiger partial charge in [0.25, 0.3) is 0 Å². The van der Waals surface area contributed by atoms with Crippen molar-refractivity contribution in [2.75, 3.05) is 13.2 Å². The lowest BCUT2D eigenvalue weighted by atomic mass is 10.1. The summed E-state index contributed by atoms with van der Waals surface area (Å²) in [5.74, 6) is 0.792. The number of ether oxygens (including phenoxy) is 1. The van der Waals surface area contributed by atoms with Crippen LogP contribution in [0.5, 0.6) is 5.75 Å². The molecule has 0 spiro atoms. The van der Waals surface area contributed by atoms with Gasteiger partial charge in [0.15, 0.2) is 0 Å². The quantitative estimate of drug-likeness (QED) is 0.756. The molecule has 0 unspecified atom stereocenters. The van der Waals surface area contributed by atoms with Crippen molar-refractivity contribution in [3.8, 4) is 5.75 Å². The number of rotatable bonds is 4. The van der Waals surface area contributed by atoms with Crippen molar-refractivity contribution in [3.63, 3.8) is 0 Å². The number of aryl methyl sites for hydroxylation is 2. The third-order valence-electron chi connectivity index (χ3n) is 2.04. The molecule has 1 aromatic rings. The van der Waals surface area contributed by atoms with Crippen LogP contribution < -0.4 is 4.74 Å². The maximum absolute atomic E-state index is 9.13. The summed E-state index contributed by atoms with van der Waals surface area (Å²) < 4.78 is 5.41. The van der Waals surface area contributed by atoms with E-state index in [9.17, 15) is 0 Å². The van der Waals surface area contributed by atoms with Gasteiger partial charge in [-0.05, 0) is 25.0 Å². The van der Waals surface area contributed by atoms with E-state index in [-0.39, 0.29) is 13.2 Å². The Kier molecular flexibility index (Phi) is 3.92. The summed E-state index contributed by atoms with van der Waals surface area (Å²) in [6.07, 6.45) is -0.811. The van der Waals surface area contributed by atoms with Crippen LogP contribution in [-0.2, 0) is 0 Å². The van der Waals surface area contributed by atoms with Crippen LogP contribution in [0.1, 0.15) is 11.1 Å². The molecule has 0 bridgehead atoms. The van der Waals surface area contributed by atoms with Crippen LogP contribution in [0, 0.1) is 13.8 Å². The molecule has 1 atom stereocenters. The van der Waals surface area contributed by atoms with Gasteiger partial charge in [-0.15, -0.1) is 0 Å². The second-order valence-corrected chi connectivity index (χ2v) is 3.37. The van der Waals surface area contributed by atoms with Gasteiger partial charge in [-0.3, -0.25) is 0 Å². The average molecular weight is 196 g/mol. The smallest absolute Gasteiger partial charge is 0.125 e. The molecule has 0 radical (unpaired) electrons. The molecule has 0 aliphatic heterocycles. The molecule has 0 saturated heterocycles. The number of para-hydroxylation sites is 1. The van der Waals surface area contributed by atoms with E-state index in [1.165, 1.54) is 0 Å². The Labute approximate surface area is 84.0 Å². The van der Waals surface area contributed by atoms with Crippen LogP contribution in [0.25, 0.3) is 0 Å². The Hall–Kier alpha value is -1.06. The third kappa shape index (κ3) is 2.72. The van der Waals surface area contributed by atoms with Crippen molar-refractivity contribution in [1.82, 2.24) is 0 Å². The van der Waals surface area contributed by atoms with E-state index in [4.69, 9.17) is 14.9 Å². The number of hydrogen-bond donors (Lipinski definition) is 2. The second kappa shape index (κ2) is 4.98. The van der Waals surface area contributed by atoms with Crippen LogP contribution >= 0.6 is 0 Å². The fraction of sp³-hybridized carbons (Fsp3) is 0.455. The fourth-order valence-corrected chi connectivity index (χ4v) is 1.26. The number of aliphatic hydroxyl groups excluding tert-OH is 2. The zero-order valence-electron chi connectivity index (χ0n) is 8.53. The molecule has 0 aliphatic rings. The van der Waals surface area contributed by atoms with Crippen molar-refractivity contribution in [2.24, 2.45) is 0 Å². The lowest BCUT2D eigenvalue weighted by molar-refractivity contribution is 0.0532. The van der Waals surface area contributed by atoms with Gasteiger partial charge in [0.05, 0.1) is 6.61 Å². The van der Waals surface area contributed by atoms with Gasteiger partial charge in [0.2, 0.25) is 0 Å². The van der Waals surface area contributed by atoms with Crippen LogP contribution in [0.2, 0.25) is 0 Å². The highest BCUT2D eigenvalue weighted by Gasteiger charge is 2.06. The zero-order chi connectivity index (χ0) is 10.6. The number of hydrogen-bond acceptors (Lipinski definition) is 3. The van der Waals surface area contributed by atoms with E-state index in [0.29, 0.717) is 0 Å². The van der Waals surface area contributed by atoms with Crippen LogP contribution in [-0.4, -0.2) is 29.5 Å². The molecule has 1 aromatic carbocycles. The SMILES string of the molecule is Cc1cccc(C)c1OC[C@H](O)CO. The van der Waals surface area contributed by atoms with E-state index in [1.54, 1.807) is 0 Å². The molecule has 0 aliphatic carbocycles. The van der Waals surface area contributed by atoms with Crippen molar-refractivity contribution in [1.29, 1.82) is 0 Å². The van der Waals surface area contributed by atoms with E-state index < -0.39 is 6.10 Å². The predicted molar refractivity (Wildman–Crippen MR) is 54.5 cm³/mol. The van der Waals surface area contributed by atoms with Gasteiger partial charge in [-0.25, -0.2) is 0 Å². The molecule has 0 aromatic heterocycles. The normalized spacial score (nSPS) is 12.6. The van der Waals surface area contributed by atoms with Crippen molar-refractivity contribution < 1.29 is 14.9 Å². The maximum Gasteiger partial charge on any atom is 0.125 e. The standard InChI is InChI=1S/C11H16O3/c1-8-4-3-5-9(2)11(8)14-7-10(13)6-12/h3-5,10,12-13H,6-7H2,1-2H3/t10-/m1/s1. The van der Waals surface area contributed by atoms with Gasteiger partial charge in [-0.1, -0.05) is 18.2 Å². The molecule has 3 nitrogen and oxygen atoms in total. The molecular formula is C11H16O3. The predicted octanol–water partition coefficient (Wildman–Crippen LogP) is 1.04. The van der Waals surface area contributed by atoms with E-state index in [0.717, 1.165) is 16.9 Å². The first-order chi connectivity index (χ1) is 6.65. The number of aliphatic hydroxyl groups is 2. The topological polar surface area (TPSA) is 49.7 Å². The molecule has 3 heteroatoms. The second-order valence-electron chi connectivity index (χ2n) is 3.37. The third-order valence-corrected chi connectivity index (χ3v) is 2.04. The Balaban J connectivity index is 2.66. The van der Waals surface area contributed by atoms with Crippen molar-refractivity contribution in [2.45, 2.75) is 20.0 Å². The van der Waals surface area contributed by atoms with E-state index in [2.05, 4.69) is 0 Å². The molecule has 0 heterocycles. The first-order valence-corrected chi connectivity index (χ1v) is 4.63. The molecule has 0 fully saturated rings.